The minimum absolute atomic E-state index is 0.00259. The van der Waals surface area contributed by atoms with Crippen LogP contribution in [0.15, 0.2) is 0 Å². The van der Waals surface area contributed by atoms with Crippen LogP contribution >= 0.6 is 24.0 Å². The number of rotatable bonds is 9. The van der Waals surface area contributed by atoms with Crippen LogP contribution in [-0.4, -0.2) is 41.5 Å². The molecule has 1 atom stereocenters. The standard InChI is InChI=1S/C13H28N2S2/c1-6-11(10-17-5)15(4)9-7-8-13(2,3)12(14)16/h11H,6-10H2,1-5H3,(H2,14,16). The summed E-state index contributed by atoms with van der Waals surface area (Å²) in [5.74, 6) is 1.21. The van der Waals surface area contributed by atoms with Crippen LogP contribution in [0.4, 0.5) is 0 Å². The van der Waals surface area contributed by atoms with Gasteiger partial charge in [-0.1, -0.05) is 33.0 Å². The Labute approximate surface area is 117 Å². The molecule has 0 aliphatic heterocycles. The summed E-state index contributed by atoms with van der Waals surface area (Å²) >= 11 is 7.01. The lowest BCUT2D eigenvalue weighted by Crippen LogP contribution is -2.35. The van der Waals surface area contributed by atoms with E-state index in [1.807, 2.05) is 11.8 Å². The molecule has 0 saturated heterocycles. The number of thioether (sulfide) groups is 1. The van der Waals surface area contributed by atoms with Crippen LogP contribution in [0, 0.1) is 5.41 Å². The molecule has 0 aliphatic carbocycles. The van der Waals surface area contributed by atoms with Crippen LogP contribution in [0.5, 0.6) is 0 Å². The van der Waals surface area contributed by atoms with Crippen molar-refractivity contribution >= 4 is 29.0 Å². The monoisotopic (exact) mass is 276 g/mol. The van der Waals surface area contributed by atoms with Crippen LogP contribution in [0.1, 0.15) is 40.0 Å². The highest BCUT2D eigenvalue weighted by molar-refractivity contribution is 7.98. The van der Waals surface area contributed by atoms with Crippen molar-refractivity contribution in [1.82, 2.24) is 4.90 Å². The van der Waals surface area contributed by atoms with Crippen LogP contribution in [-0.2, 0) is 0 Å². The second kappa shape index (κ2) is 8.33. The van der Waals surface area contributed by atoms with Gasteiger partial charge in [0.05, 0.1) is 4.99 Å². The van der Waals surface area contributed by atoms with Crippen LogP contribution in [0.25, 0.3) is 0 Å². The maximum absolute atomic E-state index is 5.74. The molecule has 102 valence electrons. The molecule has 0 aromatic rings. The molecule has 0 bridgehead atoms. The molecule has 2 N–H and O–H groups in total. The minimum atomic E-state index is -0.00259. The molecular weight excluding hydrogens is 248 g/mol. The molecule has 2 nitrogen and oxygen atoms in total. The molecule has 0 spiro atoms. The maximum atomic E-state index is 5.74. The van der Waals surface area contributed by atoms with Crippen molar-refractivity contribution in [2.45, 2.75) is 46.1 Å². The molecule has 4 heteroatoms. The fourth-order valence-corrected chi connectivity index (χ4v) is 2.80. The molecule has 0 fully saturated rings. The zero-order chi connectivity index (χ0) is 13.5. The van der Waals surface area contributed by atoms with Gasteiger partial charge in [0.15, 0.2) is 0 Å². The molecule has 0 heterocycles. The van der Waals surface area contributed by atoms with Crippen molar-refractivity contribution in [3.05, 3.63) is 0 Å². The zero-order valence-electron chi connectivity index (χ0n) is 12.0. The Hall–Kier alpha value is 0.200. The molecule has 17 heavy (non-hydrogen) atoms. The first-order valence-corrected chi connectivity index (χ1v) is 8.14. The Morgan fingerprint density at radius 1 is 1.47 bits per heavy atom. The first-order chi connectivity index (χ1) is 7.85. The molecule has 0 aromatic carbocycles. The summed E-state index contributed by atoms with van der Waals surface area (Å²) in [6, 6.07) is 0.693. The third-order valence-electron chi connectivity index (χ3n) is 3.43. The Morgan fingerprint density at radius 2 is 2.06 bits per heavy atom. The molecule has 0 aromatic heterocycles. The van der Waals surface area contributed by atoms with Gasteiger partial charge in [-0.2, -0.15) is 11.8 Å². The van der Waals surface area contributed by atoms with Crippen molar-refractivity contribution in [2.75, 3.05) is 25.6 Å². The van der Waals surface area contributed by atoms with Gasteiger partial charge in [-0.15, -0.1) is 0 Å². The predicted molar refractivity (Wildman–Crippen MR) is 84.9 cm³/mol. The van der Waals surface area contributed by atoms with E-state index < -0.39 is 0 Å². The van der Waals surface area contributed by atoms with E-state index in [-0.39, 0.29) is 5.41 Å². The minimum Gasteiger partial charge on any atom is -0.393 e. The largest absolute Gasteiger partial charge is 0.393 e. The summed E-state index contributed by atoms with van der Waals surface area (Å²) in [7, 11) is 2.22. The molecule has 0 saturated carbocycles. The lowest BCUT2D eigenvalue weighted by atomic mass is 9.88. The Balaban J connectivity index is 3.99. The van der Waals surface area contributed by atoms with Gasteiger partial charge in [0.25, 0.3) is 0 Å². The SMILES string of the molecule is CCC(CSC)N(C)CCCC(C)(C)C(N)=S. The molecule has 1 unspecified atom stereocenters. The van der Waals surface area contributed by atoms with Crippen molar-refractivity contribution in [3.63, 3.8) is 0 Å². The van der Waals surface area contributed by atoms with Gasteiger partial charge in [-0.05, 0) is 39.1 Å². The smallest absolute Gasteiger partial charge is 0.0784 e. The molecule has 0 aliphatic rings. The number of nitrogens with zero attached hydrogens (tertiary/aromatic N) is 1. The van der Waals surface area contributed by atoms with E-state index >= 15 is 0 Å². The molecule has 0 rings (SSSR count). The van der Waals surface area contributed by atoms with E-state index in [1.54, 1.807) is 0 Å². The highest BCUT2D eigenvalue weighted by Crippen LogP contribution is 2.23. The van der Waals surface area contributed by atoms with E-state index in [9.17, 15) is 0 Å². The van der Waals surface area contributed by atoms with Crippen molar-refractivity contribution in [2.24, 2.45) is 11.1 Å². The molecule has 0 amide bonds. The summed E-state index contributed by atoms with van der Waals surface area (Å²) in [4.78, 5) is 3.10. The van der Waals surface area contributed by atoms with Crippen molar-refractivity contribution in [1.29, 1.82) is 0 Å². The van der Waals surface area contributed by atoms with E-state index in [2.05, 4.69) is 39.0 Å². The highest BCUT2D eigenvalue weighted by Gasteiger charge is 2.21. The van der Waals surface area contributed by atoms with Gasteiger partial charge in [0, 0.05) is 17.2 Å². The van der Waals surface area contributed by atoms with Crippen LogP contribution < -0.4 is 5.73 Å². The average molecular weight is 277 g/mol. The lowest BCUT2D eigenvalue weighted by Gasteiger charge is -2.29. The number of hydrogen-bond acceptors (Lipinski definition) is 3. The lowest BCUT2D eigenvalue weighted by molar-refractivity contribution is 0.242. The summed E-state index contributed by atoms with van der Waals surface area (Å²) in [6.45, 7) is 7.66. The third-order valence-corrected chi connectivity index (χ3v) is 4.70. The summed E-state index contributed by atoms with van der Waals surface area (Å²) in [5, 5.41) is 0. The Kier molecular flexibility index (Phi) is 8.43. The van der Waals surface area contributed by atoms with E-state index in [4.69, 9.17) is 18.0 Å². The first-order valence-electron chi connectivity index (χ1n) is 6.34. The number of nitrogens with two attached hydrogens (primary N) is 1. The normalized spacial score (nSPS) is 14.0. The van der Waals surface area contributed by atoms with Gasteiger partial charge >= 0.3 is 0 Å². The Bertz CT molecular complexity index is 229. The summed E-state index contributed by atoms with van der Waals surface area (Å²) in [5.41, 5.74) is 5.73. The van der Waals surface area contributed by atoms with E-state index in [1.165, 1.54) is 12.2 Å². The van der Waals surface area contributed by atoms with Gasteiger partial charge in [0.2, 0.25) is 0 Å². The second-order valence-corrected chi connectivity index (χ2v) is 6.70. The van der Waals surface area contributed by atoms with Gasteiger partial charge in [0.1, 0.15) is 0 Å². The van der Waals surface area contributed by atoms with Gasteiger partial charge < -0.3 is 10.6 Å². The van der Waals surface area contributed by atoms with Crippen molar-refractivity contribution < 1.29 is 0 Å². The van der Waals surface area contributed by atoms with Gasteiger partial charge in [-0.3, -0.25) is 0 Å². The van der Waals surface area contributed by atoms with E-state index in [0.717, 1.165) is 19.4 Å². The molecule has 0 radical (unpaired) electrons. The fourth-order valence-electron chi connectivity index (χ4n) is 1.83. The zero-order valence-corrected chi connectivity index (χ0v) is 13.6. The number of hydrogen-bond donors (Lipinski definition) is 1. The highest BCUT2D eigenvalue weighted by atomic mass is 32.2. The fraction of sp³-hybridized carbons (Fsp3) is 0.923. The Morgan fingerprint density at radius 3 is 2.47 bits per heavy atom. The van der Waals surface area contributed by atoms with Gasteiger partial charge in [-0.25, -0.2) is 0 Å². The third kappa shape index (κ3) is 6.63. The quantitative estimate of drug-likeness (QED) is 0.655. The number of thiocarbonyl (C=S) groups is 1. The molecular formula is C13H28N2S2. The maximum Gasteiger partial charge on any atom is 0.0784 e. The summed E-state index contributed by atoms with van der Waals surface area (Å²) < 4.78 is 0. The topological polar surface area (TPSA) is 29.3 Å². The predicted octanol–water partition coefficient (Wildman–Crippen LogP) is 3.15. The van der Waals surface area contributed by atoms with Crippen LogP contribution in [0.3, 0.4) is 0 Å². The van der Waals surface area contributed by atoms with Crippen molar-refractivity contribution in [3.8, 4) is 0 Å². The van der Waals surface area contributed by atoms with E-state index in [0.29, 0.717) is 11.0 Å². The summed E-state index contributed by atoms with van der Waals surface area (Å²) in [6.07, 6.45) is 5.62. The average Bonchev–Trinajstić information content (AvgIpc) is 2.25. The second-order valence-electron chi connectivity index (χ2n) is 5.35. The van der Waals surface area contributed by atoms with Crippen LogP contribution in [0.2, 0.25) is 0 Å². The first kappa shape index (κ1) is 17.2.